The van der Waals surface area contributed by atoms with E-state index in [1.165, 1.54) is 51.7 Å². The normalized spacial score (nSPS) is 11.4. The van der Waals surface area contributed by atoms with Gasteiger partial charge in [-0.05, 0) is 29.8 Å². The minimum atomic E-state index is -3.90. The second kappa shape index (κ2) is 7.91. The van der Waals surface area contributed by atoms with Crippen molar-refractivity contribution in [3.8, 4) is 11.5 Å². The van der Waals surface area contributed by atoms with Gasteiger partial charge in [-0.2, -0.15) is 0 Å². The van der Waals surface area contributed by atoms with Crippen molar-refractivity contribution < 1.29 is 27.0 Å². The van der Waals surface area contributed by atoms with E-state index in [0.717, 1.165) is 0 Å². The molecule has 1 aromatic heterocycles. The topological polar surface area (TPSA) is 104 Å². The molecule has 0 aliphatic carbocycles. The lowest BCUT2D eigenvalue weighted by molar-refractivity contribution is 0.185. The summed E-state index contributed by atoms with van der Waals surface area (Å²) in [6, 6.07) is 10.3. The van der Waals surface area contributed by atoms with Crippen LogP contribution in [0.3, 0.4) is 0 Å². The third kappa shape index (κ3) is 3.95. The van der Waals surface area contributed by atoms with E-state index in [-0.39, 0.29) is 22.8 Å². The first kappa shape index (κ1) is 19.7. The van der Waals surface area contributed by atoms with Crippen molar-refractivity contribution in [2.75, 3.05) is 26.1 Å². The molecule has 0 atom stereocenters. The Hall–Kier alpha value is -3.04. The summed E-state index contributed by atoms with van der Waals surface area (Å²) in [5.41, 5.74) is 0.620. The standard InChI is InChI=1S/C19H19NO7S/c1-24-11-12-8-19(21)27-17-9-13(4-6-15(12)17)20-28(22,23)14-5-7-16(25-2)18(10-14)26-3/h4-10,20H,11H2,1-3H3. The number of hydrogen-bond donors (Lipinski definition) is 1. The van der Waals surface area contributed by atoms with Crippen LogP contribution in [-0.4, -0.2) is 29.7 Å². The summed E-state index contributed by atoms with van der Waals surface area (Å²) in [6.45, 7) is 0.235. The van der Waals surface area contributed by atoms with Crippen molar-refractivity contribution in [2.24, 2.45) is 0 Å². The van der Waals surface area contributed by atoms with Crippen LogP contribution in [0, 0.1) is 0 Å². The third-order valence-corrected chi connectivity index (χ3v) is 5.43. The Morgan fingerprint density at radius 1 is 0.964 bits per heavy atom. The summed E-state index contributed by atoms with van der Waals surface area (Å²) in [4.78, 5) is 11.7. The number of rotatable bonds is 7. The number of benzene rings is 2. The maximum atomic E-state index is 12.7. The maximum absolute atomic E-state index is 12.7. The van der Waals surface area contributed by atoms with Crippen LogP contribution in [-0.2, 0) is 21.4 Å². The lowest BCUT2D eigenvalue weighted by Gasteiger charge is -2.12. The molecule has 0 unspecified atom stereocenters. The third-order valence-electron chi connectivity index (χ3n) is 4.05. The Morgan fingerprint density at radius 3 is 2.39 bits per heavy atom. The van der Waals surface area contributed by atoms with E-state index in [0.29, 0.717) is 22.4 Å². The van der Waals surface area contributed by atoms with Gasteiger partial charge in [0.2, 0.25) is 0 Å². The molecular weight excluding hydrogens is 386 g/mol. The highest BCUT2D eigenvalue weighted by molar-refractivity contribution is 7.92. The van der Waals surface area contributed by atoms with Gasteiger partial charge < -0.3 is 18.6 Å². The molecule has 0 bridgehead atoms. The molecule has 0 spiro atoms. The molecule has 0 amide bonds. The zero-order valence-corrected chi connectivity index (χ0v) is 16.3. The lowest BCUT2D eigenvalue weighted by Crippen LogP contribution is -2.13. The summed E-state index contributed by atoms with van der Waals surface area (Å²) in [6.07, 6.45) is 0. The van der Waals surface area contributed by atoms with Crippen LogP contribution in [0.4, 0.5) is 5.69 Å². The molecule has 0 saturated heterocycles. The van der Waals surface area contributed by atoms with Crippen molar-refractivity contribution in [3.05, 3.63) is 58.4 Å². The van der Waals surface area contributed by atoms with Crippen molar-refractivity contribution >= 4 is 26.7 Å². The summed E-state index contributed by atoms with van der Waals surface area (Å²) < 4.78 is 48.5. The molecule has 9 heteroatoms. The molecule has 148 valence electrons. The molecule has 0 fully saturated rings. The van der Waals surface area contributed by atoms with E-state index in [1.54, 1.807) is 12.1 Å². The first-order chi connectivity index (χ1) is 13.4. The predicted octanol–water partition coefficient (Wildman–Crippen LogP) is 2.76. The second-order valence-corrected chi connectivity index (χ2v) is 7.54. The Bertz CT molecular complexity index is 1170. The number of anilines is 1. The quantitative estimate of drug-likeness (QED) is 0.603. The molecular formula is C19H19NO7S. The number of ether oxygens (including phenoxy) is 3. The smallest absolute Gasteiger partial charge is 0.336 e. The van der Waals surface area contributed by atoms with Gasteiger partial charge in [-0.3, -0.25) is 4.72 Å². The number of fused-ring (bicyclic) bond motifs is 1. The van der Waals surface area contributed by atoms with Crippen LogP contribution < -0.4 is 19.8 Å². The molecule has 28 heavy (non-hydrogen) atoms. The van der Waals surface area contributed by atoms with Crippen LogP contribution in [0.25, 0.3) is 11.0 Å². The predicted molar refractivity (Wildman–Crippen MR) is 104 cm³/mol. The summed E-state index contributed by atoms with van der Waals surface area (Å²) in [5.74, 6) is 0.707. The first-order valence-electron chi connectivity index (χ1n) is 8.18. The second-order valence-electron chi connectivity index (χ2n) is 5.86. The molecule has 8 nitrogen and oxygen atoms in total. The zero-order valence-electron chi connectivity index (χ0n) is 15.5. The molecule has 3 aromatic rings. The van der Waals surface area contributed by atoms with Gasteiger partial charge in [0, 0.05) is 30.7 Å². The summed E-state index contributed by atoms with van der Waals surface area (Å²) in [5, 5.41) is 0.663. The van der Waals surface area contributed by atoms with Gasteiger partial charge in [0.05, 0.1) is 31.4 Å². The lowest BCUT2D eigenvalue weighted by atomic mass is 10.1. The van der Waals surface area contributed by atoms with Crippen molar-refractivity contribution in [1.82, 2.24) is 0 Å². The van der Waals surface area contributed by atoms with Crippen molar-refractivity contribution in [3.63, 3.8) is 0 Å². The van der Waals surface area contributed by atoms with E-state index >= 15 is 0 Å². The maximum Gasteiger partial charge on any atom is 0.336 e. The Morgan fingerprint density at radius 2 is 1.71 bits per heavy atom. The van der Waals surface area contributed by atoms with E-state index in [9.17, 15) is 13.2 Å². The van der Waals surface area contributed by atoms with Crippen LogP contribution in [0.1, 0.15) is 5.56 Å². The molecule has 0 radical (unpaired) electrons. The fraction of sp³-hybridized carbons (Fsp3) is 0.211. The highest BCUT2D eigenvalue weighted by Crippen LogP contribution is 2.30. The zero-order chi connectivity index (χ0) is 20.3. The molecule has 1 heterocycles. The van der Waals surface area contributed by atoms with Crippen LogP contribution >= 0.6 is 0 Å². The average molecular weight is 405 g/mol. The molecule has 0 aliphatic heterocycles. The van der Waals surface area contributed by atoms with Crippen molar-refractivity contribution in [1.29, 1.82) is 0 Å². The molecule has 0 aliphatic rings. The van der Waals surface area contributed by atoms with Gasteiger partial charge in [-0.25, -0.2) is 13.2 Å². The largest absolute Gasteiger partial charge is 0.493 e. The number of hydrogen-bond acceptors (Lipinski definition) is 7. The summed E-state index contributed by atoms with van der Waals surface area (Å²) >= 11 is 0. The Labute approximate surface area is 161 Å². The van der Waals surface area contributed by atoms with Gasteiger partial charge >= 0.3 is 5.63 Å². The highest BCUT2D eigenvalue weighted by Gasteiger charge is 2.18. The fourth-order valence-electron chi connectivity index (χ4n) is 2.77. The minimum absolute atomic E-state index is 0.000154. The van der Waals surface area contributed by atoms with E-state index < -0.39 is 15.6 Å². The van der Waals surface area contributed by atoms with Gasteiger partial charge in [0.25, 0.3) is 10.0 Å². The van der Waals surface area contributed by atoms with Gasteiger partial charge in [0.15, 0.2) is 11.5 Å². The first-order valence-corrected chi connectivity index (χ1v) is 9.67. The molecule has 0 saturated carbocycles. The average Bonchev–Trinajstić information content (AvgIpc) is 2.66. The Kier molecular flexibility index (Phi) is 5.57. The van der Waals surface area contributed by atoms with Crippen molar-refractivity contribution in [2.45, 2.75) is 11.5 Å². The monoisotopic (exact) mass is 405 g/mol. The van der Waals surface area contributed by atoms with Crippen LogP contribution in [0.2, 0.25) is 0 Å². The number of sulfonamides is 1. The Balaban J connectivity index is 1.98. The van der Waals surface area contributed by atoms with Gasteiger partial charge in [-0.15, -0.1) is 0 Å². The molecule has 1 N–H and O–H groups in total. The summed E-state index contributed by atoms with van der Waals surface area (Å²) in [7, 11) is 0.504. The number of methoxy groups -OCH3 is 3. The molecule has 3 rings (SSSR count). The fourth-order valence-corrected chi connectivity index (χ4v) is 3.83. The highest BCUT2D eigenvalue weighted by atomic mass is 32.2. The van der Waals surface area contributed by atoms with E-state index in [1.807, 2.05) is 0 Å². The van der Waals surface area contributed by atoms with Crippen LogP contribution in [0.15, 0.2) is 56.6 Å². The number of nitrogens with one attached hydrogen (secondary N) is 1. The SMILES string of the molecule is COCc1cc(=O)oc2cc(NS(=O)(=O)c3ccc(OC)c(OC)c3)ccc12. The van der Waals surface area contributed by atoms with Gasteiger partial charge in [0.1, 0.15) is 5.58 Å². The van der Waals surface area contributed by atoms with Gasteiger partial charge in [-0.1, -0.05) is 0 Å². The van der Waals surface area contributed by atoms with E-state index in [4.69, 9.17) is 18.6 Å². The van der Waals surface area contributed by atoms with E-state index in [2.05, 4.69) is 4.72 Å². The molecule has 2 aromatic carbocycles. The van der Waals surface area contributed by atoms with Crippen LogP contribution in [0.5, 0.6) is 11.5 Å². The minimum Gasteiger partial charge on any atom is -0.493 e.